The normalized spacial score (nSPS) is 29.4. The summed E-state index contributed by atoms with van der Waals surface area (Å²) in [4.78, 5) is 0. The molecule has 0 amide bonds. The van der Waals surface area contributed by atoms with Gasteiger partial charge in [-0.3, -0.25) is 0 Å². The van der Waals surface area contributed by atoms with Crippen LogP contribution in [0, 0.1) is 29.6 Å². The van der Waals surface area contributed by atoms with E-state index in [1.54, 1.807) is 22.3 Å². The van der Waals surface area contributed by atoms with Crippen molar-refractivity contribution < 1.29 is 0 Å². The third kappa shape index (κ3) is 5.89. The fourth-order valence-electron chi connectivity index (χ4n) is 10.7. The van der Waals surface area contributed by atoms with Gasteiger partial charge in [-0.1, -0.05) is 162 Å². The van der Waals surface area contributed by atoms with E-state index in [0.717, 1.165) is 11.8 Å². The summed E-state index contributed by atoms with van der Waals surface area (Å²) < 4.78 is 0. The van der Waals surface area contributed by atoms with Gasteiger partial charge >= 0.3 is 0 Å². The van der Waals surface area contributed by atoms with Gasteiger partial charge in [-0.15, -0.1) is 0 Å². The first kappa shape index (κ1) is 29.7. The van der Waals surface area contributed by atoms with Gasteiger partial charge in [0.25, 0.3) is 0 Å². The molecule has 0 bridgehead atoms. The smallest absolute Gasteiger partial charge is 0.00232 e. The molecular formula is C42H56. The van der Waals surface area contributed by atoms with Crippen LogP contribution in [0.2, 0.25) is 0 Å². The monoisotopic (exact) mass is 560 g/mol. The Bertz CT molecular complexity index is 1250. The summed E-state index contributed by atoms with van der Waals surface area (Å²) in [6.07, 6.45) is 23.6. The molecule has 3 aliphatic rings. The third-order valence-electron chi connectivity index (χ3n) is 12.6. The third-order valence-corrected chi connectivity index (χ3v) is 12.6. The molecule has 0 aliphatic heterocycles. The molecule has 6 rings (SSSR count). The minimum Gasteiger partial charge on any atom is -0.0622 e. The lowest BCUT2D eigenvalue weighted by Crippen LogP contribution is -2.61. The molecule has 0 N–H and O–H groups in total. The maximum atomic E-state index is 2.76. The Morgan fingerprint density at radius 3 is 1.67 bits per heavy atom. The molecule has 0 aromatic heterocycles. The number of hydrogen-bond donors (Lipinski definition) is 0. The minimum atomic E-state index is 0.204. The Labute approximate surface area is 257 Å². The fraction of sp³-hybridized carbons (Fsp3) is 0.571. The van der Waals surface area contributed by atoms with E-state index in [4.69, 9.17) is 0 Å². The van der Waals surface area contributed by atoms with E-state index >= 15 is 0 Å². The van der Waals surface area contributed by atoms with Crippen molar-refractivity contribution in [3.8, 4) is 0 Å². The standard InChI is InChI=1S/C42H56/c1-34-18-15-16-27-39(34)41(31-36-21-9-4-10-22-36)29-17-28-40(2,30-35-19-7-3-8-20-35)42(41,32-37-23-11-5-12-24-37)33-38-25-13-6-14-26-38/h3,5,7-8,11-12,15-16,18-20,23-24,27,36,38H,4,6,9-10,13-14,17,21-22,25-26,28-33H2,1-2H3. The van der Waals surface area contributed by atoms with Crippen molar-refractivity contribution >= 4 is 0 Å². The summed E-state index contributed by atoms with van der Waals surface area (Å²) in [5.41, 5.74) is 7.00. The fourth-order valence-corrected chi connectivity index (χ4v) is 10.7. The van der Waals surface area contributed by atoms with Crippen LogP contribution >= 0.6 is 0 Å². The largest absolute Gasteiger partial charge is 0.0622 e. The Kier molecular flexibility index (Phi) is 9.28. The Balaban J connectivity index is 1.59. The van der Waals surface area contributed by atoms with Crippen molar-refractivity contribution in [1.82, 2.24) is 0 Å². The van der Waals surface area contributed by atoms with Gasteiger partial charge < -0.3 is 0 Å². The molecule has 224 valence electrons. The number of aryl methyl sites for hydroxylation is 1. The summed E-state index contributed by atoms with van der Waals surface area (Å²) in [5.74, 6) is 1.71. The van der Waals surface area contributed by atoms with Gasteiger partial charge in [0.1, 0.15) is 0 Å². The van der Waals surface area contributed by atoms with Gasteiger partial charge in [0.2, 0.25) is 0 Å². The number of benzene rings is 3. The molecule has 3 aromatic rings. The molecule has 3 aromatic carbocycles. The predicted molar refractivity (Wildman–Crippen MR) is 180 cm³/mol. The summed E-state index contributed by atoms with van der Waals surface area (Å²) in [5, 5.41) is 0. The molecule has 0 saturated heterocycles. The van der Waals surface area contributed by atoms with Gasteiger partial charge in [0.15, 0.2) is 0 Å². The second-order valence-electron chi connectivity index (χ2n) is 15.1. The van der Waals surface area contributed by atoms with Crippen molar-refractivity contribution in [3.63, 3.8) is 0 Å². The SMILES string of the molecule is Cc1ccccc1C1(CC2CCCCC2)CCCC(C)(Cc2ccccc2)C1(Cc1ccccc1)CC1CCCCC1. The Morgan fingerprint density at radius 2 is 1.07 bits per heavy atom. The molecule has 3 fully saturated rings. The lowest BCUT2D eigenvalue weighted by molar-refractivity contribution is -0.108. The van der Waals surface area contributed by atoms with E-state index in [9.17, 15) is 0 Å². The summed E-state index contributed by atoms with van der Waals surface area (Å²) >= 11 is 0. The molecule has 3 unspecified atom stereocenters. The maximum absolute atomic E-state index is 2.76. The van der Waals surface area contributed by atoms with E-state index in [0.29, 0.717) is 0 Å². The average molecular weight is 561 g/mol. The van der Waals surface area contributed by atoms with Crippen molar-refractivity contribution in [3.05, 3.63) is 107 Å². The molecule has 0 radical (unpaired) electrons. The first-order chi connectivity index (χ1) is 20.5. The molecule has 0 nitrogen and oxygen atoms in total. The summed E-state index contributed by atoms with van der Waals surface area (Å²) in [7, 11) is 0. The van der Waals surface area contributed by atoms with E-state index in [1.807, 2.05) is 0 Å². The van der Waals surface area contributed by atoms with Crippen molar-refractivity contribution in [1.29, 1.82) is 0 Å². The molecule has 0 spiro atoms. The van der Waals surface area contributed by atoms with Crippen LogP contribution in [0.5, 0.6) is 0 Å². The molecule has 3 saturated carbocycles. The zero-order valence-corrected chi connectivity index (χ0v) is 26.8. The highest BCUT2D eigenvalue weighted by atomic mass is 14.7. The van der Waals surface area contributed by atoms with Gasteiger partial charge in [0.05, 0.1) is 0 Å². The van der Waals surface area contributed by atoms with Gasteiger partial charge in [-0.2, -0.15) is 0 Å². The quantitative estimate of drug-likeness (QED) is 0.244. The van der Waals surface area contributed by atoms with E-state index in [-0.39, 0.29) is 16.2 Å². The van der Waals surface area contributed by atoms with Crippen molar-refractivity contribution in [2.45, 2.75) is 128 Å². The van der Waals surface area contributed by atoms with Crippen molar-refractivity contribution in [2.24, 2.45) is 22.7 Å². The lowest BCUT2D eigenvalue weighted by Gasteiger charge is -2.66. The Hall–Kier alpha value is -2.34. The topological polar surface area (TPSA) is 0 Å². The van der Waals surface area contributed by atoms with E-state index < -0.39 is 0 Å². The lowest BCUT2D eigenvalue weighted by atomic mass is 9.37. The number of hydrogen-bond acceptors (Lipinski definition) is 0. The van der Waals surface area contributed by atoms with Crippen molar-refractivity contribution in [2.75, 3.05) is 0 Å². The highest BCUT2D eigenvalue weighted by Crippen LogP contribution is 2.69. The van der Waals surface area contributed by atoms with Crippen LogP contribution in [0.1, 0.15) is 125 Å². The number of rotatable bonds is 9. The second-order valence-corrected chi connectivity index (χ2v) is 15.1. The van der Waals surface area contributed by atoms with Crippen LogP contribution in [0.4, 0.5) is 0 Å². The highest BCUT2D eigenvalue weighted by molar-refractivity contribution is 5.40. The zero-order valence-electron chi connectivity index (χ0n) is 26.8. The molecular weight excluding hydrogens is 504 g/mol. The van der Waals surface area contributed by atoms with E-state index in [2.05, 4.69) is 98.8 Å². The van der Waals surface area contributed by atoms with Crippen LogP contribution in [-0.4, -0.2) is 0 Å². The van der Waals surface area contributed by atoms with Gasteiger partial charge in [-0.25, -0.2) is 0 Å². The zero-order chi connectivity index (χ0) is 28.9. The van der Waals surface area contributed by atoms with Crippen LogP contribution in [-0.2, 0) is 18.3 Å². The first-order valence-corrected chi connectivity index (χ1v) is 17.7. The second kappa shape index (κ2) is 13.1. The van der Waals surface area contributed by atoms with Gasteiger partial charge in [0, 0.05) is 5.41 Å². The summed E-state index contributed by atoms with van der Waals surface area (Å²) in [6, 6.07) is 33.0. The van der Waals surface area contributed by atoms with E-state index in [1.165, 1.54) is 109 Å². The first-order valence-electron chi connectivity index (χ1n) is 17.7. The van der Waals surface area contributed by atoms with Crippen LogP contribution in [0.3, 0.4) is 0 Å². The molecule has 3 aliphatic carbocycles. The molecule has 0 heterocycles. The van der Waals surface area contributed by atoms with Crippen LogP contribution < -0.4 is 0 Å². The van der Waals surface area contributed by atoms with Gasteiger partial charge in [-0.05, 0) is 90.4 Å². The molecule has 42 heavy (non-hydrogen) atoms. The minimum absolute atomic E-state index is 0.204. The summed E-state index contributed by atoms with van der Waals surface area (Å²) in [6.45, 7) is 5.20. The average Bonchev–Trinajstić information content (AvgIpc) is 3.02. The van der Waals surface area contributed by atoms with Crippen LogP contribution in [0.15, 0.2) is 84.9 Å². The Morgan fingerprint density at radius 1 is 0.548 bits per heavy atom. The maximum Gasteiger partial charge on any atom is 0.00232 e. The van der Waals surface area contributed by atoms with Crippen LogP contribution in [0.25, 0.3) is 0 Å². The molecule has 3 atom stereocenters. The molecule has 0 heteroatoms. The highest BCUT2D eigenvalue weighted by Gasteiger charge is 2.63. The predicted octanol–water partition coefficient (Wildman–Crippen LogP) is 11.8.